The molecular weight excluding hydrogens is 1050 g/mol. The van der Waals surface area contributed by atoms with Gasteiger partial charge < -0.3 is 50.5 Å². The van der Waals surface area contributed by atoms with Gasteiger partial charge in [-0.15, -0.1) is 0 Å². The number of aliphatic carboxylic acids is 1. The number of benzene rings is 4. The van der Waals surface area contributed by atoms with E-state index in [1.165, 1.54) is 38.1 Å². The van der Waals surface area contributed by atoms with Crippen LogP contribution in [0, 0.1) is 5.92 Å². The summed E-state index contributed by atoms with van der Waals surface area (Å²) < 4.78 is 207. The van der Waals surface area contributed by atoms with Gasteiger partial charge >= 0.3 is 17.9 Å². The van der Waals surface area contributed by atoms with Crippen LogP contribution in [0.25, 0.3) is 0 Å². The summed E-state index contributed by atoms with van der Waals surface area (Å²) in [6, 6.07) is 8.27. The molecule has 0 bridgehead atoms. The zero-order valence-corrected chi connectivity index (χ0v) is 43.6. The Morgan fingerprint density at radius 3 is 1.68 bits per heavy atom. The first-order valence-corrected chi connectivity index (χ1v) is 26.0. The van der Waals surface area contributed by atoms with Crippen molar-refractivity contribution in [2.75, 3.05) is 61.8 Å². The van der Waals surface area contributed by atoms with Crippen LogP contribution in [0.4, 0.5) is 11.4 Å². The number of carboxylic acids is 1. The Bertz CT molecular complexity index is 3850. The Hall–Kier alpha value is -7.90. The van der Waals surface area contributed by atoms with Crippen LogP contribution in [0.15, 0.2) is 72.8 Å². The van der Waals surface area contributed by atoms with Gasteiger partial charge in [0.2, 0.25) is 17.7 Å². The number of nitrogens with two attached hydrogens (primary N) is 1. The van der Waals surface area contributed by atoms with Crippen molar-refractivity contribution in [2.45, 2.75) is 72.8 Å². The minimum Gasteiger partial charge on any atom is -0.493 e. The van der Waals surface area contributed by atoms with Crippen molar-refractivity contribution in [1.29, 1.82) is 0 Å². The normalized spacial score (nSPS) is 18.8. The molecule has 3 atom stereocenters. The molecule has 0 spiro atoms. The summed E-state index contributed by atoms with van der Waals surface area (Å²) in [5, 5.41) is 15.9. The van der Waals surface area contributed by atoms with Crippen LogP contribution >= 0.6 is 0 Å². The summed E-state index contributed by atoms with van der Waals surface area (Å²) >= 11 is 0. The van der Waals surface area contributed by atoms with E-state index in [1.54, 1.807) is 12.1 Å². The summed E-state index contributed by atoms with van der Waals surface area (Å²) in [6.07, 6.45) is 2.06. The lowest BCUT2D eigenvalue weighted by molar-refractivity contribution is -0.142. The van der Waals surface area contributed by atoms with Crippen LogP contribution in [0.2, 0.25) is 0 Å². The fraction of sp³-hybridized carbons (Fsp3) is 0.385. The van der Waals surface area contributed by atoms with Crippen molar-refractivity contribution in [3.63, 3.8) is 0 Å². The van der Waals surface area contributed by atoms with Gasteiger partial charge in [-0.3, -0.25) is 28.9 Å². The Morgan fingerprint density at radius 1 is 0.701 bits per heavy atom. The fourth-order valence-electron chi connectivity index (χ4n) is 6.91. The molecule has 418 valence electrons. The molecule has 0 saturated heterocycles. The van der Waals surface area contributed by atoms with Gasteiger partial charge in [0.1, 0.15) is 25.7 Å². The Kier molecular flexibility index (Phi) is 14.8. The molecule has 0 radical (unpaired) electrons. The first-order chi connectivity index (χ1) is 42.7. The number of cyclic esters (lactones) is 2. The average Bonchev–Trinajstić information content (AvgIpc) is 1.61. The number of ether oxygens (including phenoxy) is 5. The van der Waals surface area contributed by atoms with Crippen molar-refractivity contribution >= 4 is 78.5 Å². The summed E-state index contributed by atoms with van der Waals surface area (Å²) in [7, 11) is -13.9. The highest BCUT2D eigenvalue weighted by Gasteiger charge is 2.43. The number of sulfone groups is 2. The van der Waals surface area contributed by atoms with E-state index in [2.05, 4.69) is 25.4 Å². The Labute approximate surface area is 472 Å². The smallest absolute Gasteiger partial charge is 0.349 e. The highest BCUT2D eigenvalue weighted by atomic mass is 32.2. The molecule has 4 aromatic rings. The van der Waals surface area contributed by atoms with Crippen LogP contribution in [0.1, 0.15) is 144 Å². The number of hydrogen-bond acceptors (Lipinski definition) is 18. The van der Waals surface area contributed by atoms with E-state index >= 15 is 0 Å². The number of hydrogen-bond donors (Lipinski definition) is 5. The minimum atomic E-state index is -4.17. The van der Waals surface area contributed by atoms with Gasteiger partial charge in [-0.2, -0.15) is 0 Å². The molecule has 0 fully saturated rings. The number of fused-ring (bicyclic) bond motifs is 2. The SMILES string of the molecule is CC(=O)N[C@@H](CC(C)C)C(=O)O.CC(=O)Nc1cccc2c1C(=O)OC2=O.[2H]C([2H])([2H])Oc1ccc([C@@]([2H])(CS(C)(=O)=O)N2C(=O)c3cccc(NC(C)=O)c3C2=O)cc1OC([2H])([2H])C([2H])([2H])[2H].[2H]C([2H])([2H])Oc1ccc([C@]([2H])(N)CS(C)(=O)=O)cc1OC([2H])([2H])C([2H])([2H])[2H]. The maximum Gasteiger partial charge on any atom is 0.349 e. The number of carbonyl (C=O) groups is 8. The maximum absolute atomic E-state index is 13.6. The second-order valence-corrected chi connectivity index (χ2v) is 21.0. The highest BCUT2D eigenvalue weighted by Crippen LogP contribution is 2.39. The monoisotopic (exact) mass is 1130 g/mol. The van der Waals surface area contributed by atoms with E-state index in [9.17, 15) is 55.2 Å². The molecule has 6 rings (SSSR count). The van der Waals surface area contributed by atoms with Gasteiger partial charge in [-0.05, 0) is 85.7 Å². The van der Waals surface area contributed by atoms with Gasteiger partial charge in [0, 0.05) is 47.5 Å². The summed E-state index contributed by atoms with van der Waals surface area (Å²) in [5.41, 5.74) is 5.00. The number of nitrogens with one attached hydrogen (secondary N) is 3. The standard InChI is InChI=1S/C22H24N2O7S.C12H19NO4S.C10H7NO4.C8H15NO3/c1-5-31-19-11-14(9-10-18(19)30-3)17(12-32(4,28)29)24-21(26)15-7-6-8-16(23-13(2)25)20(15)22(24)27;1-4-17-12-7-9(5-6-11(12)16-2)10(13)8-18(3,14)15;1-5(12)11-7-4-2-3-6-8(7)10(14)15-9(6)13;1-5(2)4-7(8(11)12)9-6(3)10/h6-11,17H,5,12H2,1-4H3,(H,23,25);5-7,10H,4,8,13H2,1-3H3;2-4H,1H3,(H,11,12);5,7H,4H2,1-3H3,(H,9,10)(H,11,12)/t17-;10-;;7-/m11.0/s1/i1D3,3D3,5D2,17D;1D3,2D3,4D2,10D;;. The number of methoxy groups -OCH3 is 2. The molecular formula is C52H65N5O18S2. The number of imide groups is 1. The van der Waals surface area contributed by atoms with Crippen molar-refractivity contribution in [2.24, 2.45) is 11.7 Å². The van der Waals surface area contributed by atoms with Crippen molar-refractivity contribution in [3.05, 3.63) is 106 Å². The van der Waals surface area contributed by atoms with Gasteiger partial charge in [0.25, 0.3) is 11.8 Å². The van der Waals surface area contributed by atoms with Crippen LogP contribution < -0.4 is 40.6 Å². The molecule has 6 N–H and O–H groups in total. The van der Waals surface area contributed by atoms with Crippen LogP contribution in [-0.4, -0.2) is 132 Å². The third kappa shape index (κ3) is 18.7. The third-order valence-electron chi connectivity index (χ3n) is 9.81. The Morgan fingerprint density at radius 2 is 1.21 bits per heavy atom. The lowest BCUT2D eigenvalue weighted by Crippen LogP contribution is -2.40. The lowest BCUT2D eigenvalue weighted by atomic mass is 10.0. The zero-order valence-electron chi connectivity index (χ0n) is 59.9. The van der Waals surface area contributed by atoms with E-state index < -0.39 is 154 Å². The molecule has 2 aliphatic rings. The lowest BCUT2D eigenvalue weighted by Gasteiger charge is -2.27. The van der Waals surface area contributed by atoms with Crippen molar-refractivity contribution in [1.82, 2.24) is 10.2 Å². The molecule has 5 amide bonds. The zero-order chi connectivity index (χ0) is 73.5. The van der Waals surface area contributed by atoms with Gasteiger partial charge in [0.15, 0.2) is 23.0 Å². The molecule has 0 aliphatic carbocycles. The Balaban J connectivity index is 0.000000370. The van der Waals surface area contributed by atoms with Crippen LogP contribution in [0.3, 0.4) is 0 Å². The van der Waals surface area contributed by atoms with E-state index in [4.69, 9.17) is 49.7 Å². The number of amides is 5. The largest absolute Gasteiger partial charge is 0.493 e. The molecule has 0 saturated carbocycles. The summed E-state index contributed by atoms with van der Waals surface area (Å²) in [6.45, 7) is -5.66. The van der Waals surface area contributed by atoms with Crippen LogP contribution in [0.5, 0.6) is 23.0 Å². The fourth-order valence-corrected chi connectivity index (χ4v) is 8.44. The van der Waals surface area contributed by atoms with E-state index in [0.717, 1.165) is 55.8 Å². The van der Waals surface area contributed by atoms with E-state index in [-0.39, 0.29) is 51.2 Å². The molecule has 77 heavy (non-hydrogen) atoms. The van der Waals surface area contributed by atoms with E-state index in [0.29, 0.717) is 17.0 Å². The number of anilines is 2. The topological polar surface area (TPSA) is 337 Å². The molecule has 4 aromatic carbocycles. The van der Waals surface area contributed by atoms with Gasteiger partial charge in [0.05, 0.1) is 94.8 Å². The van der Waals surface area contributed by atoms with Crippen molar-refractivity contribution < 1.29 is 109 Å². The molecule has 2 heterocycles. The number of carboxylic acid groups (broad SMARTS) is 1. The summed E-state index contributed by atoms with van der Waals surface area (Å²) in [5.74, 6) is -10.3. The molecule has 0 aromatic heterocycles. The number of esters is 2. The molecule has 25 heteroatoms. The quantitative estimate of drug-likeness (QED) is 0.0460. The summed E-state index contributed by atoms with van der Waals surface area (Å²) in [4.78, 5) is 93.5. The molecule has 2 aliphatic heterocycles. The molecule has 0 unspecified atom stereocenters. The first-order valence-electron chi connectivity index (χ1n) is 30.9. The average molecular weight is 1130 g/mol. The van der Waals surface area contributed by atoms with E-state index in [1.807, 2.05) is 13.8 Å². The van der Waals surface area contributed by atoms with Gasteiger partial charge in [-0.1, -0.05) is 38.1 Å². The second-order valence-electron chi connectivity index (χ2n) is 16.7. The van der Waals surface area contributed by atoms with Crippen LogP contribution in [-0.2, 0) is 43.6 Å². The van der Waals surface area contributed by atoms with Crippen molar-refractivity contribution in [3.8, 4) is 23.0 Å². The number of nitrogens with zero attached hydrogens (tertiary/aromatic N) is 1. The predicted molar refractivity (Wildman–Crippen MR) is 284 cm³/mol. The second kappa shape index (κ2) is 28.3. The first kappa shape index (κ1) is 40.4. The maximum atomic E-state index is 13.6. The minimum absolute atomic E-state index is 0.0751. The van der Waals surface area contributed by atoms with Gasteiger partial charge in [-0.25, -0.2) is 31.2 Å². The third-order valence-corrected chi connectivity index (χ3v) is 11.4. The number of rotatable bonds is 19. The number of carbonyl (C=O) groups excluding carboxylic acids is 7. The molecule has 23 nitrogen and oxygen atoms in total. The highest BCUT2D eigenvalue weighted by molar-refractivity contribution is 7.90. The predicted octanol–water partition coefficient (Wildman–Crippen LogP) is 5.15.